The van der Waals surface area contributed by atoms with E-state index < -0.39 is 0 Å². The quantitative estimate of drug-likeness (QED) is 0.581. The van der Waals surface area contributed by atoms with Crippen molar-refractivity contribution in [1.29, 1.82) is 0 Å². The molecule has 0 fully saturated rings. The zero-order chi connectivity index (χ0) is 7.98. The van der Waals surface area contributed by atoms with Crippen molar-refractivity contribution in [2.75, 3.05) is 0 Å². The number of allylic oxidation sites excluding steroid dienone is 4. The second-order valence-corrected chi connectivity index (χ2v) is 1.98. The average Bonchev–Trinajstić information content (AvgIpc) is 1.99. The molecule has 0 saturated carbocycles. The molecule has 2 heteroatoms. The molecule has 0 heterocycles. The summed E-state index contributed by atoms with van der Waals surface area (Å²) >= 11 is 0. The summed E-state index contributed by atoms with van der Waals surface area (Å²) in [5, 5.41) is 0. The maximum atomic E-state index is 5.46. The summed E-state index contributed by atoms with van der Waals surface area (Å²) in [5.74, 6) is 0. The van der Waals surface area contributed by atoms with Gasteiger partial charge >= 0.3 is 0 Å². The highest BCUT2D eigenvalue weighted by atomic mass is 14.7. The lowest BCUT2D eigenvalue weighted by Crippen LogP contribution is -1.96. The molecule has 0 aromatic rings. The predicted octanol–water partition coefficient (Wildman–Crippen LogP) is 1.84. The fourth-order valence-corrected chi connectivity index (χ4v) is 0.325. The molecule has 0 aromatic carbocycles. The van der Waals surface area contributed by atoms with E-state index >= 15 is 0 Å². The maximum Gasteiger partial charge on any atom is 0.0497 e. The summed E-state index contributed by atoms with van der Waals surface area (Å²) in [6.07, 6.45) is 5.39. The summed E-state index contributed by atoms with van der Waals surface area (Å²) in [5.41, 5.74) is 7.13. The van der Waals surface area contributed by atoms with E-state index in [0.717, 1.165) is 5.70 Å². The van der Waals surface area contributed by atoms with Crippen LogP contribution in [0, 0.1) is 0 Å². The number of nitrogens with zero attached hydrogens (tertiary/aromatic N) is 1. The first-order chi connectivity index (χ1) is 4.70. The summed E-state index contributed by atoms with van der Waals surface area (Å²) in [6, 6.07) is 0. The zero-order valence-corrected chi connectivity index (χ0v) is 6.76. The number of rotatable bonds is 2. The topological polar surface area (TPSA) is 38.4 Å². The molecule has 0 aliphatic heterocycles. The van der Waals surface area contributed by atoms with E-state index in [1.165, 1.54) is 0 Å². The average molecular weight is 138 g/mol. The molecule has 0 radical (unpaired) electrons. The van der Waals surface area contributed by atoms with Gasteiger partial charge < -0.3 is 5.73 Å². The molecule has 2 N–H and O–H groups in total. The Morgan fingerprint density at radius 1 is 1.30 bits per heavy atom. The van der Waals surface area contributed by atoms with Gasteiger partial charge in [0.2, 0.25) is 0 Å². The number of aliphatic imine (C=N–C) groups is 1. The van der Waals surface area contributed by atoms with Crippen LogP contribution in [-0.4, -0.2) is 6.21 Å². The van der Waals surface area contributed by atoms with Crippen LogP contribution < -0.4 is 5.73 Å². The molecule has 0 aromatic heterocycles. The Balaban J connectivity index is 4.01. The van der Waals surface area contributed by atoms with E-state index in [-0.39, 0.29) is 0 Å². The second kappa shape index (κ2) is 4.79. The van der Waals surface area contributed by atoms with Crippen molar-refractivity contribution in [3.8, 4) is 0 Å². The Labute approximate surface area is 62.1 Å². The minimum atomic E-state index is 0.696. The monoisotopic (exact) mass is 138 g/mol. The van der Waals surface area contributed by atoms with Gasteiger partial charge in [0, 0.05) is 17.6 Å². The molecule has 0 aliphatic rings. The molecule has 56 valence electrons. The van der Waals surface area contributed by atoms with Crippen LogP contribution in [-0.2, 0) is 0 Å². The van der Waals surface area contributed by atoms with E-state index in [1.807, 2.05) is 32.9 Å². The molecule has 0 rings (SSSR count). The second-order valence-electron chi connectivity index (χ2n) is 1.98. The fraction of sp³-hybridized carbons (Fsp3) is 0.375. The highest BCUT2D eigenvalue weighted by Crippen LogP contribution is 1.91. The molecule has 0 atom stereocenters. The minimum absolute atomic E-state index is 0.696. The first-order valence-electron chi connectivity index (χ1n) is 3.29. The third kappa shape index (κ3) is 3.89. The lowest BCUT2D eigenvalue weighted by Gasteiger charge is -1.89. The van der Waals surface area contributed by atoms with Gasteiger partial charge in [0.05, 0.1) is 0 Å². The Hall–Kier alpha value is -1.05. The van der Waals surface area contributed by atoms with Gasteiger partial charge in [0.15, 0.2) is 0 Å². The predicted molar refractivity (Wildman–Crippen MR) is 45.9 cm³/mol. The number of hydrogen-bond acceptors (Lipinski definition) is 2. The fourth-order valence-electron chi connectivity index (χ4n) is 0.325. The van der Waals surface area contributed by atoms with Crippen molar-refractivity contribution in [3.63, 3.8) is 0 Å². The van der Waals surface area contributed by atoms with Crippen molar-refractivity contribution in [2.45, 2.75) is 20.8 Å². The van der Waals surface area contributed by atoms with Gasteiger partial charge in [-0.2, -0.15) is 0 Å². The maximum absolute atomic E-state index is 5.46. The third-order valence-corrected chi connectivity index (χ3v) is 1.17. The molecule has 10 heavy (non-hydrogen) atoms. The first-order valence-corrected chi connectivity index (χ1v) is 3.29. The molecule has 2 nitrogen and oxygen atoms in total. The molecule has 0 unspecified atom stereocenters. The van der Waals surface area contributed by atoms with Gasteiger partial charge in [0.1, 0.15) is 0 Å². The summed E-state index contributed by atoms with van der Waals surface area (Å²) in [6.45, 7) is 5.75. The molecule has 0 saturated heterocycles. The van der Waals surface area contributed by atoms with Gasteiger partial charge in [-0.15, -0.1) is 0 Å². The summed E-state index contributed by atoms with van der Waals surface area (Å²) in [4.78, 5) is 4.06. The summed E-state index contributed by atoms with van der Waals surface area (Å²) < 4.78 is 0. The standard InChI is InChI=1S/C8H14N2/c1-4-7(3)10-6-8(9)5-2/h4-6H,9H2,1-3H3/b7-4-,8-5+,10-6-. The lowest BCUT2D eigenvalue weighted by atomic mass is 10.4. The number of nitrogens with two attached hydrogens (primary N) is 1. The zero-order valence-electron chi connectivity index (χ0n) is 6.76. The smallest absolute Gasteiger partial charge is 0.0497 e. The van der Waals surface area contributed by atoms with Gasteiger partial charge in [-0.3, -0.25) is 4.99 Å². The first kappa shape index (κ1) is 8.95. The van der Waals surface area contributed by atoms with Crippen LogP contribution in [0.5, 0.6) is 0 Å². The van der Waals surface area contributed by atoms with Crippen LogP contribution >= 0.6 is 0 Å². The van der Waals surface area contributed by atoms with E-state index in [0.29, 0.717) is 5.70 Å². The Bertz CT molecular complexity index is 156. The SMILES string of the molecule is C\C=C(C)/N=C\C(N)=C/C. The van der Waals surface area contributed by atoms with Gasteiger partial charge in [-0.1, -0.05) is 12.2 Å². The van der Waals surface area contributed by atoms with Crippen molar-refractivity contribution < 1.29 is 0 Å². The Morgan fingerprint density at radius 3 is 2.30 bits per heavy atom. The Kier molecular flexibility index (Phi) is 4.29. The third-order valence-electron chi connectivity index (χ3n) is 1.17. The van der Waals surface area contributed by atoms with Crippen LogP contribution in [0.3, 0.4) is 0 Å². The minimum Gasteiger partial charge on any atom is -0.398 e. The molecule has 0 amide bonds. The highest BCUT2D eigenvalue weighted by Gasteiger charge is 1.79. The van der Waals surface area contributed by atoms with Gasteiger partial charge in [-0.25, -0.2) is 0 Å². The van der Waals surface area contributed by atoms with Gasteiger partial charge in [0.25, 0.3) is 0 Å². The molecule has 0 spiro atoms. The van der Waals surface area contributed by atoms with E-state index in [4.69, 9.17) is 5.73 Å². The molecule has 0 bridgehead atoms. The van der Waals surface area contributed by atoms with Crippen LogP contribution in [0.25, 0.3) is 0 Å². The molecular formula is C8H14N2. The van der Waals surface area contributed by atoms with Gasteiger partial charge in [-0.05, 0) is 20.8 Å². The molecule has 0 aliphatic carbocycles. The van der Waals surface area contributed by atoms with Crippen molar-refractivity contribution in [1.82, 2.24) is 0 Å². The van der Waals surface area contributed by atoms with Crippen molar-refractivity contribution >= 4 is 6.21 Å². The van der Waals surface area contributed by atoms with Crippen LogP contribution in [0.15, 0.2) is 28.5 Å². The Morgan fingerprint density at radius 2 is 1.90 bits per heavy atom. The van der Waals surface area contributed by atoms with Crippen LogP contribution in [0.4, 0.5) is 0 Å². The van der Waals surface area contributed by atoms with Crippen LogP contribution in [0.1, 0.15) is 20.8 Å². The largest absolute Gasteiger partial charge is 0.398 e. The number of hydrogen-bond donors (Lipinski definition) is 1. The van der Waals surface area contributed by atoms with Crippen molar-refractivity contribution in [2.24, 2.45) is 10.7 Å². The van der Waals surface area contributed by atoms with E-state index in [9.17, 15) is 0 Å². The van der Waals surface area contributed by atoms with E-state index in [1.54, 1.807) is 6.21 Å². The summed E-state index contributed by atoms with van der Waals surface area (Å²) in [7, 11) is 0. The van der Waals surface area contributed by atoms with Crippen molar-refractivity contribution in [3.05, 3.63) is 23.5 Å². The van der Waals surface area contributed by atoms with E-state index in [2.05, 4.69) is 4.99 Å². The van der Waals surface area contributed by atoms with Crippen LogP contribution in [0.2, 0.25) is 0 Å². The molecular weight excluding hydrogens is 124 g/mol. The lowest BCUT2D eigenvalue weighted by molar-refractivity contribution is 1.28. The normalized spacial score (nSPS) is 14.7. The highest BCUT2D eigenvalue weighted by molar-refractivity contribution is 5.77.